The zero-order chi connectivity index (χ0) is 36.6. The number of methoxy groups -OCH3 is 1. The van der Waals surface area contributed by atoms with Crippen molar-refractivity contribution in [3.8, 4) is 5.75 Å². The molecule has 0 aliphatic carbocycles. The van der Waals surface area contributed by atoms with Crippen LogP contribution in [0.2, 0.25) is 0 Å². The van der Waals surface area contributed by atoms with E-state index in [1.54, 1.807) is 67.5 Å². The summed E-state index contributed by atoms with van der Waals surface area (Å²) in [7, 11) is 5.00. The smallest absolute Gasteiger partial charge is 0.431 e. The van der Waals surface area contributed by atoms with Crippen molar-refractivity contribution in [2.75, 3.05) is 27.8 Å². The largest absolute Gasteiger partial charge is 0.497 e. The first-order valence-corrected chi connectivity index (χ1v) is 17.3. The van der Waals surface area contributed by atoms with Gasteiger partial charge in [0.2, 0.25) is 5.60 Å². The average molecular weight is 731 g/mol. The van der Waals surface area contributed by atoms with Crippen molar-refractivity contribution in [1.82, 2.24) is 4.90 Å². The molecule has 10 nitrogen and oxygen atoms in total. The molecule has 274 valence electrons. The van der Waals surface area contributed by atoms with Crippen LogP contribution in [0.3, 0.4) is 0 Å². The number of hydrogen-bond donors (Lipinski definition) is 0. The van der Waals surface area contributed by atoms with E-state index >= 15 is 13.2 Å². The van der Waals surface area contributed by atoms with Gasteiger partial charge in [0.1, 0.15) is 35.5 Å². The van der Waals surface area contributed by atoms with Gasteiger partial charge in [-0.05, 0) is 42.2 Å². The normalized spacial score (nSPS) is 22.6. The molecule has 0 spiro atoms. The molecule has 0 bridgehead atoms. The summed E-state index contributed by atoms with van der Waals surface area (Å²) in [6.07, 6.45) is -10.9. The lowest BCUT2D eigenvalue weighted by molar-refractivity contribution is -0.335. The number of nitrogens with zero attached hydrogens (tertiary/aromatic N) is 2. The van der Waals surface area contributed by atoms with Gasteiger partial charge in [0, 0.05) is 20.5 Å². The Bertz CT molecular complexity index is 1630. The van der Waals surface area contributed by atoms with Crippen molar-refractivity contribution < 1.29 is 51.2 Å². The highest BCUT2D eigenvalue weighted by Gasteiger charge is 2.69. The van der Waals surface area contributed by atoms with Crippen LogP contribution in [0, 0.1) is 0 Å². The van der Waals surface area contributed by atoms with Gasteiger partial charge >= 0.3 is 18.1 Å². The Kier molecular flexibility index (Phi) is 12.7. The average Bonchev–Trinajstić information content (AvgIpc) is 3.57. The minimum absolute atomic E-state index is 0.0254. The van der Waals surface area contributed by atoms with Gasteiger partial charge in [-0.1, -0.05) is 84.6 Å². The second-order valence-electron chi connectivity index (χ2n) is 12.2. The van der Waals surface area contributed by atoms with E-state index < -0.39 is 59.9 Å². The highest BCUT2D eigenvalue weighted by Crippen LogP contribution is 2.49. The number of esters is 2. The number of benzene rings is 3. The maximum Gasteiger partial charge on any atom is 0.431 e. The predicted molar refractivity (Wildman–Crippen MR) is 184 cm³/mol. The van der Waals surface area contributed by atoms with E-state index in [1.807, 2.05) is 36.4 Å². The molecule has 0 saturated carbocycles. The van der Waals surface area contributed by atoms with E-state index in [4.69, 9.17) is 33.4 Å². The lowest BCUT2D eigenvalue weighted by Crippen LogP contribution is -2.69. The number of fused-ring (bicyclic) bond motifs is 1. The summed E-state index contributed by atoms with van der Waals surface area (Å²) in [4.78, 5) is 32.3. The number of hydrogen-bond acceptors (Lipinski definition) is 11. The Balaban J connectivity index is 1.63. The lowest BCUT2D eigenvalue weighted by atomic mass is 9.81. The van der Waals surface area contributed by atoms with E-state index in [0.29, 0.717) is 22.0 Å². The van der Waals surface area contributed by atoms with Gasteiger partial charge in [-0.25, -0.2) is 9.59 Å². The summed E-state index contributed by atoms with van der Waals surface area (Å²) in [6, 6.07) is 23.8. The Hall–Kier alpha value is -4.11. The van der Waals surface area contributed by atoms with Crippen LogP contribution in [0.1, 0.15) is 30.0 Å². The van der Waals surface area contributed by atoms with Crippen LogP contribution in [0.25, 0.3) is 0 Å². The second kappa shape index (κ2) is 16.9. The van der Waals surface area contributed by atoms with Gasteiger partial charge in [-0.3, -0.25) is 4.99 Å². The molecule has 2 aliphatic heterocycles. The summed E-state index contributed by atoms with van der Waals surface area (Å²) in [6.45, 7) is 1.08. The second-order valence-corrected chi connectivity index (χ2v) is 13.3. The fourth-order valence-corrected chi connectivity index (χ4v) is 7.09. The molecule has 14 heteroatoms. The Morgan fingerprint density at radius 2 is 1.43 bits per heavy atom. The third kappa shape index (κ3) is 9.04. The Labute approximate surface area is 299 Å². The van der Waals surface area contributed by atoms with Gasteiger partial charge in [0.25, 0.3) is 0 Å². The topological polar surface area (TPSA) is 105 Å². The van der Waals surface area contributed by atoms with E-state index in [9.17, 15) is 9.59 Å². The molecule has 3 aromatic carbocycles. The molecular formula is C37H41F3N2O8S. The molecule has 1 fully saturated rings. The van der Waals surface area contributed by atoms with E-state index in [1.165, 1.54) is 14.0 Å². The van der Waals surface area contributed by atoms with Gasteiger partial charge < -0.3 is 33.3 Å². The fraction of sp³-hybridized carbons (Fsp3) is 0.432. The number of thioether (sulfide) groups is 1. The molecule has 0 N–H and O–H groups in total. The van der Waals surface area contributed by atoms with Crippen molar-refractivity contribution in [2.45, 2.75) is 74.5 Å². The fourth-order valence-electron chi connectivity index (χ4n) is 5.95. The molecule has 6 atom stereocenters. The van der Waals surface area contributed by atoms with Gasteiger partial charge in [0.15, 0.2) is 5.17 Å². The highest BCUT2D eigenvalue weighted by molar-refractivity contribution is 8.14. The number of alkyl halides is 3. The number of halogens is 3. The minimum atomic E-state index is -5.27. The minimum Gasteiger partial charge on any atom is -0.497 e. The van der Waals surface area contributed by atoms with Gasteiger partial charge in [-0.15, -0.1) is 0 Å². The third-order valence-electron chi connectivity index (χ3n) is 8.55. The number of aryl methyl sites for hydroxylation is 1. The standard InChI is InChI=1S/C37H41F3N2O8S/c1-5-46-32(43)33(44)50-36(37(38,39)40,21-20-24-16-18-27(45-4)19-17-24)31-30(48-23-26-14-10-7-11-15-26)29(47-22-25-12-8-6-9-13-25)28-34(49-31)51-35(41-28)42(2)3/h6-19,28-31,34H,5,20-23H2,1-4H3. The van der Waals surface area contributed by atoms with E-state index in [-0.39, 0.29) is 26.2 Å². The van der Waals surface area contributed by atoms with Crippen LogP contribution >= 0.6 is 11.8 Å². The van der Waals surface area contributed by atoms with Crippen molar-refractivity contribution in [1.29, 1.82) is 0 Å². The van der Waals surface area contributed by atoms with Crippen LogP contribution in [0.15, 0.2) is 89.9 Å². The maximum absolute atomic E-state index is 16.0. The summed E-state index contributed by atoms with van der Waals surface area (Å²) in [5.41, 5.74) is -2.43. The number of amidine groups is 1. The zero-order valence-corrected chi connectivity index (χ0v) is 29.5. The summed E-state index contributed by atoms with van der Waals surface area (Å²) < 4.78 is 82.5. The number of ether oxygens (including phenoxy) is 6. The number of rotatable bonds is 13. The summed E-state index contributed by atoms with van der Waals surface area (Å²) in [5.74, 6) is -2.85. The molecule has 0 radical (unpaired) electrons. The highest BCUT2D eigenvalue weighted by atomic mass is 32.2. The molecule has 2 heterocycles. The Morgan fingerprint density at radius 3 is 1.96 bits per heavy atom. The first-order valence-electron chi connectivity index (χ1n) is 16.4. The molecule has 5 rings (SSSR count). The monoisotopic (exact) mass is 730 g/mol. The van der Waals surface area contributed by atoms with Crippen molar-refractivity contribution >= 4 is 28.9 Å². The summed E-state index contributed by atoms with van der Waals surface area (Å²) >= 11 is 1.13. The number of aliphatic imine (C=N–C) groups is 1. The maximum atomic E-state index is 16.0. The van der Waals surface area contributed by atoms with Crippen LogP contribution in [0.5, 0.6) is 5.75 Å². The molecule has 51 heavy (non-hydrogen) atoms. The van der Waals surface area contributed by atoms with E-state index in [0.717, 1.165) is 17.3 Å². The first-order chi connectivity index (χ1) is 24.5. The molecule has 1 saturated heterocycles. The molecule has 6 unspecified atom stereocenters. The van der Waals surface area contributed by atoms with Gasteiger partial charge in [-0.2, -0.15) is 13.2 Å². The lowest BCUT2D eigenvalue weighted by Gasteiger charge is -2.50. The van der Waals surface area contributed by atoms with Crippen molar-refractivity contribution in [3.05, 3.63) is 102 Å². The predicted octanol–water partition coefficient (Wildman–Crippen LogP) is 5.96. The quantitative estimate of drug-likeness (QED) is 0.155. The molecule has 2 aliphatic rings. The SMILES string of the molecule is CCOC(=O)C(=O)OC(CCc1ccc(OC)cc1)(C1OC2SC(N(C)C)=NC2C(OCc2ccccc2)C1OCc1ccccc1)C(F)(F)F. The Morgan fingerprint density at radius 1 is 0.843 bits per heavy atom. The van der Waals surface area contributed by atoms with Crippen molar-refractivity contribution in [3.63, 3.8) is 0 Å². The van der Waals surface area contributed by atoms with Crippen LogP contribution in [-0.4, -0.2) is 91.4 Å². The summed E-state index contributed by atoms with van der Waals surface area (Å²) in [5, 5.41) is 0.514. The van der Waals surface area contributed by atoms with Crippen molar-refractivity contribution in [2.24, 2.45) is 4.99 Å². The van der Waals surface area contributed by atoms with Crippen LogP contribution < -0.4 is 4.74 Å². The molecule has 3 aromatic rings. The molecule has 0 amide bonds. The van der Waals surface area contributed by atoms with Crippen LogP contribution in [-0.2, 0) is 52.9 Å². The molecule has 0 aromatic heterocycles. The first kappa shape index (κ1) is 38.1. The van der Waals surface area contributed by atoms with E-state index in [2.05, 4.69) is 0 Å². The van der Waals surface area contributed by atoms with Crippen LogP contribution in [0.4, 0.5) is 13.2 Å². The zero-order valence-electron chi connectivity index (χ0n) is 28.7. The third-order valence-corrected chi connectivity index (χ3v) is 9.86. The van der Waals surface area contributed by atoms with Gasteiger partial charge in [0.05, 0.1) is 26.9 Å². The number of carbonyl (C=O) groups is 2. The molecular weight excluding hydrogens is 689 g/mol. The number of carbonyl (C=O) groups excluding carboxylic acids is 2.